The monoisotopic (exact) mass is 228 g/mol. The van der Waals surface area contributed by atoms with E-state index in [2.05, 4.69) is 0 Å². The first-order chi connectivity index (χ1) is 4.46. The van der Waals surface area contributed by atoms with Crippen LogP contribution in [-0.4, -0.2) is 39.8 Å². The van der Waals surface area contributed by atoms with Crippen molar-refractivity contribution < 1.29 is 116 Å². The van der Waals surface area contributed by atoms with E-state index in [0.717, 1.165) is 0 Å². The van der Waals surface area contributed by atoms with Crippen LogP contribution in [-0.2, 0) is 9.59 Å². The third-order valence-electron chi connectivity index (χ3n) is 0.782. The van der Waals surface area contributed by atoms with E-state index in [-0.39, 0.29) is 86.4 Å². The van der Waals surface area contributed by atoms with Crippen LogP contribution < -0.4 is 91.2 Å². The van der Waals surface area contributed by atoms with Gasteiger partial charge in [0, 0.05) is 0 Å². The molecular formula is C4H6KNaO7. The molecule has 0 aromatic carbocycles. The van der Waals surface area contributed by atoms with E-state index in [1.165, 1.54) is 0 Å². The van der Waals surface area contributed by atoms with Crippen LogP contribution in [0.4, 0.5) is 0 Å². The molecule has 66 valence electrons. The zero-order valence-electron chi connectivity index (χ0n) is 7.18. The Balaban J connectivity index is -0.000000135. The van der Waals surface area contributed by atoms with Gasteiger partial charge in [-0.05, 0) is 0 Å². The van der Waals surface area contributed by atoms with Gasteiger partial charge < -0.3 is 35.5 Å². The number of hydrogen-bond donors (Lipinski definition) is 2. The van der Waals surface area contributed by atoms with Crippen LogP contribution in [0.15, 0.2) is 0 Å². The van der Waals surface area contributed by atoms with Gasteiger partial charge in [-0.15, -0.1) is 0 Å². The van der Waals surface area contributed by atoms with Gasteiger partial charge in [0.05, 0.1) is 11.9 Å². The second-order valence-electron chi connectivity index (χ2n) is 1.53. The fourth-order valence-electron chi connectivity index (χ4n) is 0.258. The van der Waals surface area contributed by atoms with Gasteiger partial charge in [0.1, 0.15) is 12.2 Å². The maximum Gasteiger partial charge on any atom is 1.00 e. The van der Waals surface area contributed by atoms with Gasteiger partial charge in [0.2, 0.25) is 0 Å². The van der Waals surface area contributed by atoms with Crippen molar-refractivity contribution in [2.75, 3.05) is 0 Å². The van der Waals surface area contributed by atoms with E-state index >= 15 is 0 Å². The Labute approximate surface area is 138 Å². The SMILES string of the molecule is O.O=C([O-])[C@H](O)[C@@H](O)C(=O)[O-].[K+].[Na+]. The fourth-order valence-corrected chi connectivity index (χ4v) is 0.258. The van der Waals surface area contributed by atoms with Gasteiger partial charge in [-0.2, -0.15) is 0 Å². The van der Waals surface area contributed by atoms with Crippen LogP contribution in [0.25, 0.3) is 0 Å². The number of aliphatic carboxylic acids is 2. The van der Waals surface area contributed by atoms with Crippen molar-refractivity contribution in [3.05, 3.63) is 0 Å². The molecule has 9 heteroatoms. The Hall–Kier alpha value is 1.46. The molecule has 13 heavy (non-hydrogen) atoms. The first-order valence-corrected chi connectivity index (χ1v) is 2.24. The minimum absolute atomic E-state index is 0. The number of aliphatic hydroxyl groups is 2. The van der Waals surface area contributed by atoms with Crippen LogP contribution in [0, 0.1) is 0 Å². The second kappa shape index (κ2) is 11.5. The van der Waals surface area contributed by atoms with E-state index in [4.69, 9.17) is 10.2 Å². The van der Waals surface area contributed by atoms with Crippen molar-refractivity contribution >= 4 is 11.9 Å². The molecule has 0 amide bonds. The summed E-state index contributed by atoms with van der Waals surface area (Å²) >= 11 is 0. The van der Waals surface area contributed by atoms with Crippen LogP contribution in [0.1, 0.15) is 0 Å². The molecule has 0 aliphatic rings. The summed E-state index contributed by atoms with van der Waals surface area (Å²) in [6.45, 7) is 0. The maximum atomic E-state index is 9.63. The third kappa shape index (κ3) is 9.75. The fraction of sp³-hybridized carbons (Fsp3) is 0.500. The Morgan fingerprint density at radius 3 is 1.23 bits per heavy atom. The standard InChI is InChI=1S/C4H6O6.K.Na.H2O/c5-1(3(7)8)2(6)4(9)10;;;/h1-2,5-6H,(H,7,8)(H,9,10);;;1H2/q;2*+1;/p-2/t1-,2-;;;/m1.../s1. The first-order valence-electron chi connectivity index (χ1n) is 2.24. The largest absolute Gasteiger partial charge is 1.00 e. The van der Waals surface area contributed by atoms with Gasteiger partial charge in [0.25, 0.3) is 0 Å². The van der Waals surface area contributed by atoms with Crippen molar-refractivity contribution in [1.82, 2.24) is 0 Å². The predicted octanol–water partition coefficient (Wildman–Crippen LogP) is -11.6. The van der Waals surface area contributed by atoms with Gasteiger partial charge >= 0.3 is 80.9 Å². The summed E-state index contributed by atoms with van der Waals surface area (Å²) in [5.41, 5.74) is 0. The number of carbonyl (C=O) groups is 2. The quantitative estimate of drug-likeness (QED) is 0.457. The molecule has 0 saturated carbocycles. The molecule has 0 saturated heterocycles. The molecule has 0 aromatic heterocycles. The van der Waals surface area contributed by atoms with Crippen molar-refractivity contribution in [3.63, 3.8) is 0 Å². The second-order valence-corrected chi connectivity index (χ2v) is 1.53. The molecule has 0 radical (unpaired) electrons. The maximum absolute atomic E-state index is 9.63. The minimum Gasteiger partial charge on any atom is -0.547 e. The summed E-state index contributed by atoms with van der Waals surface area (Å²) in [5.74, 6) is -4.12. The van der Waals surface area contributed by atoms with Crippen LogP contribution in [0.3, 0.4) is 0 Å². The molecule has 0 aliphatic heterocycles. The number of carbonyl (C=O) groups excluding carboxylic acids is 2. The topological polar surface area (TPSA) is 152 Å². The van der Waals surface area contributed by atoms with Crippen molar-refractivity contribution in [2.24, 2.45) is 0 Å². The molecular weight excluding hydrogens is 222 g/mol. The molecule has 0 unspecified atom stereocenters. The molecule has 0 fully saturated rings. The number of carboxylic acids is 2. The zero-order valence-corrected chi connectivity index (χ0v) is 12.3. The number of rotatable bonds is 3. The molecule has 4 N–H and O–H groups in total. The van der Waals surface area contributed by atoms with Gasteiger partial charge in [-0.1, -0.05) is 0 Å². The number of carboxylic acid groups (broad SMARTS) is 2. The van der Waals surface area contributed by atoms with Crippen LogP contribution in [0.2, 0.25) is 0 Å². The van der Waals surface area contributed by atoms with Crippen LogP contribution >= 0.6 is 0 Å². The van der Waals surface area contributed by atoms with Crippen molar-refractivity contribution in [3.8, 4) is 0 Å². The molecule has 0 aliphatic carbocycles. The molecule has 0 rings (SSSR count). The van der Waals surface area contributed by atoms with E-state index in [9.17, 15) is 19.8 Å². The Kier molecular flexibility index (Phi) is 21.2. The Morgan fingerprint density at radius 2 is 1.15 bits per heavy atom. The summed E-state index contributed by atoms with van der Waals surface area (Å²) in [7, 11) is 0. The molecule has 0 bridgehead atoms. The van der Waals surface area contributed by atoms with Crippen LogP contribution in [0.5, 0.6) is 0 Å². The summed E-state index contributed by atoms with van der Waals surface area (Å²) in [6.07, 6.45) is -4.88. The molecule has 0 spiro atoms. The third-order valence-corrected chi connectivity index (χ3v) is 0.782. The number of hydrogen-bond acceptors (Lipinski definition) is 6. The summed E-state index contributed by atoms with van der Waals surface area (Å²) in [4.78, 5) is 19.3. The normalized spacial score (nSPS) is 12.2. The first kappa shape index (κ1) is 23.9. The van der Waals surface area contributed by atoms with Gasteiger partial charge in [-0.25, -0.2) is 0 Å². The summed E-state index contributed by atoms with van der Waals surface area (Å²) in [6, 6.07) is 0. The molecule has 2 atom stereocenters. The molecule has 0 aromatic rings. The van der Waals surface area contributed by atoms with Crippen molar-refractivity contribution in [1.29, 1.82) is 0 Å². The zero-order chi connectivity index (χ0) is 8.31. The number of aliphatic hydroxyl groups excluding tert-OH is 2. The molecule has 0 heterocycles. The average molecular weight is 228 g/mol. The Morgan fingerprint density at radius 1 is 1.00 bits per heavy atom. The molecule has 7 nitrogen and oxygen atoms in total. The van der Waals surface area contributed by atoms with E-state index < -0.39 is 24.1 Å². The minimum atomic E-state index is -2.44. The predicted molar refractivity (Wildman–Crippen MR) is 25.6 cm³/mol. The summed E-state index contributed by atoms with van der Waals surface area (Å²) < 4.78 is 0. The Bertz CT molecular complexity index is 145. The summed E-state index contributed by atoms with van der Waals surface area (Å²) in [5, 5.41) is 35.7. The average Bonchev–Trinajstić information content (AvgIpc) is 1.84. The van der Waals surface area contributed by atoms with Crippen molar-refractivity contribution in [2.45, 2.75) is 12.2 Å². The van der Waals surface area contributed by atoms with E-state index in [1.54, 1.807) is 0 Å². The van der Waals surface area contributed by atoms with E-state index in [0.29, 0.717) is 0 Å². The van der Waals surface area contributed by atoms with Gasteiger partial charge in [0.15, 0.2) is 0 Å². The van der Waals surface area contributed by atoms with Gasteiger partial charge in [-0.3, -0.25) is 0 Å². The van der Waals surface area contributed by atoms with E-state index in [1.807, 2.05) is 0 Å². The smallest absolute Gasteiger partial charge is 0.547 e.